The number of anilines is 3. The van der Waals surface area contributed by atoms with E-state index in [1.165, 1.54) is 5.56 Å². The van der Waals surface area contributed by atoms with Gasteiger partial charge in [0.25, 0.3) is 0 Å². The highest BCUT2D eigenvalue weighted by molar-refractivity contribution is 9.10. The van der Waals surface area contributed by atoms with Gasteiger partial charge in [-0.3, -0.25) is 0 Å². The Bertz CT molecular complexity index is 1060. The molecule has 1 aliphatic heterocycles. The molecule has 1 N–H and O–H groups in total. The van der Waals surface area contributed by atoms with E-state index in [1.807, 2.05) is 30.5 Å². The maximum absolute atomic E-state index is 11.1. The molecule has 0 atom stereocenters. The first-order chi connectivity index (χ1) is 15.3. The largest absolute Gasteiger partial charge is 0.384 e. The van der Waals surface area contributed by atoms with Gasteiger partial charge in [0.15, 0.2) is 0 Å². The second kappa shape index (κ2) is 9.49. The van der Waals surface area contributed by atoms with Gasteiger partial charge in [-0.05, 0) is 77.7 Å². The summed E-state index contributed by atoms with van der Waals surface area (Å²) in [6, 6.07) is 12.6. The van der Waals surface area contributed by atoms with E-state index in [0.717, 1.165) is 46.2 Å². The Kier molecular flexibility index (Phi) is 6.89. The average Bonchev–Trinajstić information content (AvgIpc) is 3.31. The number of aryl methyl sites for hydroxylation is 1. The van der Waals surface area contributed by atoms with Crippen LogP contribution in [0.25, 0.3) is 0 Å². The molecule has 7 heteroatoms. The van der Waals surface area contributed by atoms with Crippen molar-refractivity contribution in [3.63, 3.8) is 0 Å². The van der Waals surface area contributed by atoms with Crippen LogP contribution in [-0.2, 0) is 5.60 Å². The van der Waals surface area contributed by atoms with Gasteiger partial charge >= 0.3 is 0 Å². The number of aromatic nitrogens is 2. The van der Waals surface area contributed by atoms with Crippen molar-refractivity contribution in [1.82, 2.24) is 9.97 Å². The van der Waals surface area contributed by atoms with Crippen LogP contribution >= 0.6 is 27.3 Å². The van der Waals surface area contributed by atoms with E-state index < -0.39 is 5.60 Å². The number of rotatable bonds is 6. The average molecular weight is 516 g/mol. The summed E-state index contributed by atoms with van der Waals surface area (Å²) in [5, 5.41) is 13.1. The van der Waals surface area contributed by atoms with Gasteiger partial charge in [-0.25, -0.2) is 4.98 Å². The molecule has 3 aromatic rings. The standard InChI is InChI=1S/C25H31BrN4OS/c1-5-30(21-9-8-19(17(2)3)16-20(21)26)24-27-18(4)15-23(28-24)29-12-10-25(31,11-13-29)22-7-6-14-32-22/h6-9,14-17,31H,5,10-13H2,1-4H3. The molecule has 0 amide bonds. The number of aliphatic hydroxyl groups is 1. The predicted molar refractivity (Wildman–Crippen MR) is 137 cm³/mol. The molecule has 0 spiro atoms. The fourth-order valence-corrected chi connectivity index (χ4v) is 5.73. The molecule has 4 rings (SSSR count). The van der Waals surface area contributed by atoms with Gasteiger partial charge in [-0.15, -0.1) is 11.3 Å². The summed E-state index contributed by atoms with van der Waals surface area (Å²) in [6.45, 7) is 10.8. The minimum atomic E-state index is -0.728. The zero-order valence-electron chi connectivity index (χ0n) is 19.2. The van der Waals surface area contributed by atoms with Crippen molar-refractivity contribution in [3.8, 4) is 0 Å². The van der Waals surface area contributed by atoms with Crippen molar-refractivity contribution in [2.75, 3.05) is 29.4 Å². The lowest BCUT2D eigenvalue weighted by atomic mass is 9.90. The lowest BCUT2D eigenvalue weighted by molar-refractivity contribution is 0.0152. The van der Waals surface area contributed by atoms with E-state index in [2.05, 4.69) is 64.7 Å². The van der Waals surface area contributed by atoms with Crippen LogP contribution in [0, 0.1) is 6.92 Å². The van der Waals surface area contributed by atoms with Crippen LogP contribution < -0.4 is 9.80 Å². The summed E-state index contributed by atoms with van der Waals surface area (Å²) in [5.74, 6) is 2.11. The van der Waals surface area contributed by atoms with Crippen LogP contribution in [0.15, 0.2) is 46.3 Å². The molecule has 1 aliphatic rings. The molecule has 3 heterocycles. The number of benzene rings is 1. The SMILES string of the molecule is CCN(c1nc(C)cc(N2CCC(O)(c3cccs3)CC2)n1)c1ccc(C(C)C)cc1Br. The number of hydrogen-bond acceptors (Lipinski definition) is 6. The van der Waals surface area contributed by atoms with E-state index in [-0.39, 0.29) is 0 Å². The minimum Gasteiger partial charge on any atom is -0.384 e. The molecule has 1 fully saturated rings. The van der Waals surface area contributed by atoms with Gasteiger partial charge in [-0.2, -0.15) is 4.98 Å². The van der Waals surface area contributed by atoms with Crippen molar-refractivity contribution >= 4 is 44.7 Å². The summed E-state index contributed by atoms with van der Waals surface area (Å²) in [6.07, 6.45) is 1.40. The summed E-state index contributed by atoms with van der Waals surface area (Å²) in [5.41, 5.74) is 2.58. The minimum absolute atomic E-state index is 0.476. The number of nitrogens with zero attached hydrogens (tertiary/aromatic N) is 4. The fourth-order valence-electron chi connectivity index (χ4n) is 4.24. The summed E-state index contributed by atoms with van der Waals surface area (Å²) >= 11 is 5.40. The van der Waals surface area contributed by atoms with Crippen LogP contribution in [0.1, 0.15) is 55.7 Å². The molecule has 5 nitrogen and oxygen atoms in total. The van der Waals surface area contributed by atoms with Crippen LogP contribution in [0.4, 0.5) is 17.5 Å². The summed E-state index contributed by atoms with van der Waals surface area (Å²) in [7, 11) is 0. The Morgan fingerprint density at radius 2 is 1.94 bits per heavy atom. The lowest BCUT2D eigenvalue weighted by Crippen LogP contribution is -2.42. The van der Waals surface area contributed by atoms with Gasteiger partial charge in [0, 0.05) is 40.7 Å². The van der Waals surface area contributed by atoms with Crippen molar-refractivity contribution in [2.24, 2.45) is 0 Å². The second-order valence-electron chi connectivity index (χ2n) is 8.77. The van der Waals surface area contributed by atoms with Gasteiger partial charge in [-0.1, -0.05) is 26.0 Å². The Hall–Kier alpha value is -1.96. The zero-order chi connectivity index (χ0) is 22.9. The lowest BCUT2D eigenvalue weighted by Gasteiger charge is -2.38. The maximum Gasteiger partial charge on any atom is 0.232 e. The second-order valence-corrected chi connectivity index (χ2v) is 10.6. The Morgan fingerprint density at radius 1 is 1.19 bits per heavy atom. The van der Waals surface area contributed by atoms with Crippen molar-refractivity contribution < 1.29 is 5.11 Å². The molecule has 0 unspecified atom stereocenters. The third-order valence-electron chi connectivity index (χ3n) is 6.21. The molecule has 2 aromatic heterocycles. The molecule has 0 saturated carbocycles. The van der Waals surface area contributed by atoms with E-state index in [1.54, 1.807) is 11.3 Å². The highest BCUT2D eigenvalue weighted by Crippen LogP contribution is 2.37. The highest BCUT2D eigenvalue weighted by Gasteiger charge is 2.35. The molecule has 1 saturated heterocycles. The maximum atomic E-state index is 11.1. The number of piperidine rings is 1. The number of halogens is 1. The normalized spacial score (nSPS) is 15.9. The van der Waals surface area contributed by atoms with Crippen LogP contribution in [0.2, 0.25) is 0 Å². The van der Waals surface area contributed by atoms with E-state index in [4.69, 9.17) is 9.97 Å². The Labute approximate surface area is 203 Å². The first-order valence-electron chi connectivity index (χ1n) is 11.2. The molecule has 0 radical (unpaired) electrons. The quantitative estimate of drug-likeness (QED) is 0.413. The molecular weight excluding hydrogens is 484 g/mol. The van der Waals surface area contributed by atoms with Gasteiger partial charge in [0.2, 0.25) is 5.95 Å². The van der Waals surface area contributed by atoms with Crippen molar-refractivity contribution in [3.05, 3.63) is 62.4 Å². The van der Waals surface area contributed by atoms with Crippen LogP contribution in [-0.4, -0.2) is 34.7 Å². The van der Waals surface area contributed by atoms with Crippen molar-refractivity contribution in [1.29, 1.82) is 0 Å². The molecule has 170 valence electrons. The highest BCUT2D eigenvalue weighted by atomic mass is 79.9. The van der Waals surface area contributed by atoms with Gasteiger partial charge < -0.3 is 14.9 Å². The van der Waals surface area contributed by atoms with Crippen molar-refractivity contribution in [2.45, 2.75) is 52.1 Å². The number of thiophene rings is 1. The summed E-state index contributed by atoms with van der Waals surface area (Å²) in [4.78, 5) is 15.2. The van der Waals surface area contributed by atoms with E-state index in [9.17, 15) is 5.11 Å². The van der Waals surface area contributed by atoms with Crippen LogP contribution in [0.3, 0.4) is 0 Å². The molecule has 32 heavy (non-hydrogen) atoms. The molecule has 0 bridgehead atoms. The third kappa shape index (κ3) is 4.70. The Morgan fingerprint density at radius 3 is 2.53 bits per heavy atom. The van der Waals surface area contributed by atoms with E-state index >= 15 is 0 Å². The predicted octanol–water partition coefficient (Wildman–Crippen LogP) is 6.38. The molecule has 0 aliphatic carbocycles. The van der Waals surface area contributed by atoms with E-state index in [0.29, 0.717) is 24.7 Å². The first kappa shape index (κ1) is 23.2. The zero-order valence-corrected chi connectivity index (χ0v) is 21.6. The molecular formula is C25H31BrN4OS. The van der Waals surface area contributed by atoms with Gasteiger partial charge in [0.1, 0.15) is 11.4 Å². The smallest absolute Gasteiger partial charge is 0.232 e. The Balaban J connectivity index is 1.59. The topological polar surface area (TPSA) is 52.5 Å². The number of hydrogen-bond donors (Lipinski definition) is 1. The molecule has 1 aromatic carbocycles. The third-order valence-corrected chi connectivity index (χ3v) is 7.91. The monoisotopic (exact) mass is 514 g/mol. The first-order valence-corrected chi connectivity index (χ1v) is 12.9. The van der Waals surface area contributed by atoms with Gasteiger partial charge in [0.05, 0.1) is 5.69 Å². The van der Waals surface area contributed by atoms with Crippen LogP contribution in [0.5, 0.6) is 0 Å². The summed E-state index contributed by atoms with van der Waals surface area (Å²) < 4.78 is 1.05. The fraction of sp³-hybridized carbons (Fsp3) is 0.440.